The van der Waals surface area contributed by atoms with E-state index >= 15 is 0 Å². The first-order chi connectivity index (χ1) is 11.8. The topological polar surface area (TPSA) is 46.3 Å². The fraction of sp³-hybridized carbons (Fsp3) is 0.474. The summed E-state index contributed by atoms with van der Waals surface area (Å²) in [6, 6.07) is 10.6. The molecule has 0 spiro atoms. The summed E-state index contributed by atoms with van der Waals surface area (Å²) in [4.78, 5) is 14.9. The lowest BCUT2D eigenvalue weighted by atomic mass is 9.96. The Balaban J connectivity index is 1.47. The first-order valence-corrected chi connectivity index (χ1v) is 9.81. The van der Waals surface area contributed by atoms with E-state index in [2.05, 4.69) is 35.5 Å². The van der Waals surface area contributed by atoms with Gasteiger partial charge in [0.2, 0.25) is 0 Å². The van der Waals surface area contributed by atoms with E-state index in [1.165, 1.54) is 5.56 Å². The van der Waals surface area contributed by atoms with E-state index in [1.807, 2.05) is 16.7 Å². The molecule has 0 N–H and O–H groups in total. The molecular formula is C19H22N2O2S. The molecule has 1 aromatic carbocycles. The predicted molar refractivity (Wildman–Crippen MR) is 95.3 cm³/mol. The Morgan fingerprint density at radius 1 is 1.17 bits per heavy atom. The van der Waals surface area contributed by atoms with Crippen LogP contribution in [0.1, 0.15) is 51.9 Å². The van der Waals surface area contributed by atoms with Gasteiger partial charge < -0.3 is 9.42 Å². The van der Waals surface area contributed by atoms with Crippen molar-refractivity contribution in [2.75, 3.05) is 18.8 Å². The third-order valence-electron chi connectivity index (χ3n) is 4.95. The van der Waals surface area contributed by atoms with Gasteiger partial charge in [-0.1, -0.05) is 35.5 Å². The van der Waals surface area contributed by atoms with Crippen molar-refractivity contribution in [3.63, 3.8) is 0 Å². The van der Waals surface area contributed by atoms with Crippen LogP contribution >= 0.6 is 11.8 Å². The molecule has 1 aliphatic heterocycles. The Labute approximate surface area is 146 Å². The molecule has 4 rings (SSSR count). The molecule has 1 fully saturated rings. The van der Waals surface area contributed by atoms with Crippen LogP contribution in [0.2, 0.25) is 0 Å². The normalized spacial score (nSPS) is 21.2. The van der Waals surface area contributed by atoms with Crippen LogP contribution in [0.25, 0.3) is 0 Å². The van der Waals surface area contributed by atoms with Gasteiger partial charge in [-0.3, -0.25) is 4.79 Å². The number of carbonyl (C=O) groups excluding carboxylic acids is 1. The maximum Gasteiger partial charge on any atom is 0.276 e. The first-order valence-electron chi connectivity index (χ1n) is 8.76. The van der Waals surface area contributed by atoms with E-state index in [4.69, 9.17) is 4.52 Å². The average molecular weight is 342 g/mol. The molecule has 1 saturated heterocycles. The zero-order valence-corrected chi connectivity index (χ0v) is 14.6. The molecular weight excluding hydrogens is 320 g/mol. The highest BCUT2D eigenvalue weighted by molar-refractivity contribution is 7.99. The van der Waals surface area contributed by atoms with E-state index < -0.39 is 0 Å². The number of hydrogen-bond acceptors (Lipinski definition) is 4. The van der Waals surface area contributed by atoms with Gasteiger partial charge >= 0.3 is 0 Å². The number of amides is 1. The van der Waals surface area contributed by atoms with Crippen molar-refractivity contribution in [2.45, 2.75) is 37.4 Å². The average Bonchev–Trinajstić information content (AvgIpc) is 2.91. The molecule has 0 radical (unpaired) electrons. The Morgan fingerprint density at radius 2 is 2.00 bits per heavy atom. The summed E-state index contributed by atoms with van der Waals surface area (Å²) in [7, 11) is 0. The van der Waals surface area contributed by atoms with Crippen LogP contribution in [-0.4, -0.2) is 34.8 Å². The van der Waals surface area contributed by atoms with Gasteiger partial charge in [-0.05, 0) is 31.2 Å². The van der Waals surface area contributed by atoms with Crippen LogP contribution < -0.4 is 0 Å². The summed E-state index contributed by atoms with van der Waals surface area (Å²) in [6.45, 7) is 1.57. The van der Waals surface area contributed by atoms with Crippen molar-refractivity contribution >= 4 is 17.7 Å². The Morgan fingerprint density at radius 3 is 2.88 bits per heavy atom. The van der Waals surface area contributed by atoms with Gasteiger partial charge in [0.25, 0.3) is 5.91 Å². The molecule has 1 aromatic heterocycles. The molecule has 0 bridgehead atoms. The van der Waals surface area contributed by atoms with Gasteiger partial charge in [-0.25, -0.2) is 0 Å². The summed E-state index contributed by atoms with van der Waals surface area (Å²) < 4.78 is 5.42. The smallest absolute Gasteiger partial charge is 0.276 e. The number of rotatable bonds is 2. The minimum Gasteiger partial charge on any atom is -0.360 e. The second kappa shape index (κ2) is 7.01. The molecule has 2 heterocycles. The van der Waals surface area contributed by atoms with Gasteiger partial charge in [0.05, 0.1) is 0 Å². The SMILES string of the molecule is O=C(c1noc2c1CCCC2)N1CCS[C@@H](c2ccccc2)CC1. The fourth-order valence-electron chi connectivity index (χ4n) is 3.61. The van der Waals surface area contributed by atoms with Crippen LogP contribution in [0.5, 0.6) is 0 Å². The van der Waals surface area contributed by atoms with Crippen LogP contribution in [-0.2, 0) is 12.8 Å². The highest BCUT2D eigenvalue weighted by atomic mass is 32.2. The summed E-state index contributed by atoms with van der Waals surface area (Å²) in [5.41, 5.74) is 2.98. The van der Waals surface area contributed by atoms with Crippen molar-refractivity contribution < 1.29 is 9.32 Å². The maximum absolute atomic E-state index is 12.9. The molecule has 4 nitrogen and oxygen atoms in total. The highest BCUT2D eigenvalue weighted by Crippen LogP contribution is 2.34. The number of thioether (sulfide) groups is 1. The van der Waals surface area contributed by atoms with Crippen molar-refractivity contribution in [3.05, 3.63) is 52.9 Å². The molecule has 0 unspecified atom stereocenters. The predicted octanol–water partition coefficient (Wildman–Crippen LogP) is 3.87. The van der Waals surface area contributed by atoms with E-state index in [9.17, 15) is 4.79 Å². The second-order valence-corrected chi connectivity index (χ2v) is 7.80. The molecule has 2 aromatic rings. The lowest BCUT2D eigenvalue weighted by Gasteiger charge is -2.20. The monoisotopic (exact) mass is 342 g/mol. The third-order valence-corrected chi connectivity index (χ3v) is 6.28. The standard InChI is InChI=1S/C19H22N2O2S/c22-19(18-15-8-4-5-9-16(15)23-20-18)21-11-10-17(24-13-12-21)14-6-2-1-3-7-14/h1-3,6-7,17H,4-5,8-13H2/t17-/m1/s1. The molecule has 126 valence electrons. The van der Waals surface area contributed by atoms with E-state index in [-0.39, 0.29) is 5.91 Å². The van der Waals surface area contributed by atoms with Crippen molar-refractivity contribution in [2.24, 2.45) is 0 Å². The number of benzene rings is 1. The molecule has 1 atom stereocenters. The Bertz CT molecular complexity index is 713. The second-order valence-electron chi connectivity index (χ2n) is 6.49. The van der Waals surface area contributed by atoms with Crippen molar-refractivity contribution in [3.8, 4) is 0 Å². The zero-order valence-electron chi connectivity index (χ0n) is 13.7. The fourth-order valence-corrected chi connectivity index (χ4v) is 4.84. The number of fused-ring (bicyclic) bond motifs is 1. The number of hydrogen-bond donors (Lipinski definition) is 0. The van der Waals surface area contributed by atoms with E-state index in [1.54, 1.807) is 0 Å². The van der Waals surface area contributed by atoms with Gasteiger partial charge in [-0.2, -0.15) is 11.8 Å². The Hall–Kier alpha value is -1.75. The molecule has 2 aliphatic rings. The number of aromatic nitrogens is 1. The van der Waals surface area contributed by atoms with Crippen LogP contribution in [0.4, 0.5) is 0 Å². The molecule has 1 aliphatic carbocycles. The summed E-state index contributed by atoms with van der Waals surface area (Å²) >= 11 is 1.95. The minimum atomic E-state index is 0.0520. The third kappa shape index (κ3) is 3.09. The summed E-state index contributed by atoms with van der Waals surface area (Å²) in [5.74, 6) is 1.94. The molecule has 24 heavy (non-hydrogen) atoms. The molecule has 5 heteroatoms. The first kappa shape index (κ1) is 15.8. The lowest BCUT2D eigenvalue weighted by molar-refractivity contribution is 0.0755. The van der Waals surface area contributed by atoms with Gasteiger partial charge in [0.15, 0.2) is 5.69 Å². The number of nitrogens with zero attached hydrogens (tertiary/aromatic N) is 2. The largest absolute Gasteiger partial charge is 0.360 e. The summed E-state index contributed by atoms with van der Waals surface area (Å²) in [5, 5.41) is 4.58. The van der Waals surface area contributed by atoms with Crippen LogP contribution in [0.3, 0.4) is 0 Å². The number of aryl methyl sites for hydroxylation is 1. The Kier molecular flexibility index (Phi) is 4.60. The van der Waals surface area contributed by atoms with E-state index in [0.29, 0.717) is 10.9 Å². The quantitative estimate of drug-likeness (QED) is 0.831. The zero-order chi connectivity index (χ0) is 16.4. The van der Waals surface area contributed by atoms with Crippen LogP contribution in [0, 0.1) is 0 Å². The molecule has 0 saturated carbocycles. The van der Waals surface area contributed by atoms with Crippen molar-refractivity contribution in [1.82, 2.24) is 10.1 Å². The van der Waals surface area contributed by atoms with Crippen LogP contribution in [0.15, 0.2) is 34.9 Å². The van der Waals surface area contributed by atoms with E-state index in [0.717, 1.165) is 62.3 Å². The number of carbonyl (C=O) groups is 1. The van der Waals surface area contributed by atoms with Gasteiger partial charge in [0, 0.05) is 36.1 Å². The van der Waals surface area contributed by atoms with Gasteiger partial charge in [0.1, 0.15) is 5.76 Å². The maximum atomic E-state index is 12.9. The van der Waals surface area contributed by atoms with Crippen molar-refractivity contribution in [1.29, 1.82) is 0 Å². The molecule has 1 amide bonds. The van der Waals surface area contributed by atoms with Gasteiger partial charge in [-0.15, -0.1) is 0 Å². The summed E-state index contributed by atoms with van der Waals surface area (Å²) in [6.07, 6.45) is 5.09. The lowest BCUT2D eigenvalue weighted by Crippen LogP contribution is -2.34. The minimum absolute atomic E-state index is 0.0520. The highest BCUT2D eigenvalue weighted by Gasteiger charge is 2.29.